The fraction of sp³-hybridized carbons (Fsp3) is 0.562. The third-order valence-corrected chi connectivity index (χ3v) is 5.28. The highest BCUT2D eigenvalue weighted by molar-refractivity contribution is 7.85. The molecule has 0 spiro atoms. The zero-order valence-electron chi connectivity index (χ0n) is 12.2. The average molecular weight is 309 g/mol. The molecule has 1 aliphatic carbocycles. The number of hydrogen-bond acceptors (Lipinski definition) is 3. The van der Waals surface area contributed by atoms with Crippen LogP contribution in [-0.4, -0.2) is 27.5 Å². The van der Waals surface area contributed by atoms with Crippen LogP contribution in [0.25, 0.3) is 0 Å². The summed E-state index contributed by atoms with van der Waals surface area (Å²) in [5.74, 6) is 0.682. The SMILES string of the molecule is O=C(C[S@@](=O)c1ccc(O)cc1)NCCC1CCCCC1. The highest BCUT2D eigenvalue weighted by atomic mass is 32.2. The Morgan fingerprint density at radius 1 is 1.19 bits per heavy atom. The van der Waals surface area contributed by atoms with Crippen LogP contribution in [0, 0.1) is 5.92 Å². The van der Waals surface area contributed by atoms with Crippen molar-refractivity contribution in [3.8, 4) is 5.75 Å². The average Bonchev–Trinajstić information content (AvgIpc) is 2.49. The molecule has 2 rings (SSSR count). The summed E-state index contributed by atoms with van der Waals surface area (Å²) in [6.45, 7) is 0.677. The molecule has 1 saturated carbocycles. The summed E-state index contributed by atoms with van der Waals surface area (Å²) in [5.41, 5.74) is 0. The van der Waals surface area contributed by atoms with Crippen LogP contribution in [0.1, 0.15) is 38.5 Å². The molecule has 1 amide bonds. The smallest absolute Gasteiger partial charge is 0.232 e. The van der Waals surface area contributed by atoms with E-state index < -0.39 is 10.8 Å². The minimum atomic E-state index is -1.35. The molecule has 0 bridgehead atoms. The summed E-state index contributed by atoms with van der Waals surface area (Å²) < 4.78 is 12.0. The third-order valence-electron chi connectivity index (χ3n) is 3.96. The lowest BCUT2D eigenvalue weighted by Gasteiger charge is -2.21. The number of hydrogen-bond donors (Lipinski definition) is 2. The van der Waals surface area contributed by atoms with Crippen molar-refractivity contribution in [3.05, 3.63) is 24.3 Å². The normalized spacial score (nSPS) is 17.3. The topological polar surface area (TPSA) is 66.4 Å². The van der Waals surface area contributed by atoms with E-state index in [2.05, 4.69) is 5.32 Å². The molecule has 1 aromatic carbocycles. The number of phenolic OH excluding ortho intramolecular Hbond substituents is 1. The molecular weight excluding hydrogens is 286 g/mol. The van der Waals surface area contributed by atoms with Gasteiger partial charge in [0.1, 0.15) is 11.5 Å². The van der Waals surface area contributed by atoms with Crippen LogP contribution in [-0.2, 0) is 15.6 Å². The molecule has 2 N–H and O–H groups in total. The lowest BCUT2D eigenvalue weighted by Crippen LogP contribution is -2.30. The van der Waals surface area contributed by atoms with E-state index in [1.165, 1.54) is 44.2 Å². The fourth-order valence-electron chi connectivity index (χ4n) is 2.74. The molecule has 1 aromatic rings. The summed E-state index contributed by atoms with van der Waals surface area (Å²) in [5, 5.41) is 12.0. The van der Waals surface area contributed by atoms with Crippen molar-refractivity contribution in [1.82, 2.24) is 5.32 Å². The molecule has 0 aliphatic heterocycles. The fourth-order valence-corrected chi connectivity index (χ4v) is 3.69. The van der Waals surface area contributed by atoms with Gasteiger partial charge in [0.15, 0.2) is 0 Å². The standard InChI is InChI=1S/C16H23NO3S/c18-14-6-8-15(9-7-14)21(20)12-16(19)17-11-10-13-4-2-1-3-5-13/h6-9,13,18H,1-5,10-12H2,(H,17,19)/t21-/m1/s1. The van der Waals surface area contributed by atoms with Crippen molar-refractivity contribution >= 4 is 16.7 Å². The van der Waals surface area contributed by atoms with Gasteiger partial charge < -0.3 is 10.4 Å². The lowest BCUT2D eigenvalue weighted by atomic mass is 9.87. The van der Waals surface area contributed by atoms with Gasteiger partial charge in [0.2, 0.25) is 5.91 Å². The van der Waals surface area contributed by atoms with Crippen LogP contribution in [0.3, 0.4) is 0 Å². The first-order valence-corrected chi connectivity index (χ1v) is 8.91. The first-order valence-electron chi connectivity index (χ1n) is 7.59. The van der Waals surface area contributed by atoms with Crippen molar-refractivity contribution in [2.24, 2.45) is 5.92 Å². The summed E-state index contributed by atoms with van der Waals surface area (Å²) in [6, 6.07) is 6.13. The molecule has 116 valence electrons. The lowest BCUT2D eigenvalue weighted by molar-refractivity contribution is -0.118. The van der Waals surface area contributed by atoms with Crippen LogP contribution in [0.15, 0.2) is 29.2 Å². The number of phenols is 1. The number of amides is 1. The van der Waals surface area contributed by atoms with E-state index in [9.17, 15) is 14.1 Å². The molecular formula is C16H23NO3S. The van der Waals surface area contributed by atoms with Crippen molar-refractivity contribution in [2.75, 3.05) is 12.3 Å². The quantitative estimate of drug-likeness (QED) is 0.849. The molecule has 21 heavy (non-hydrogen) atoms. The Kier molecular flexibility index (Phi) is 6.23. The van der Waals surface area contributed by atoms with Gasteiger partial charge in [-0.1, -0.05) is 32.1 Å². The summed E-state index contributed by atoms with van der Waals surface area (Å²) >= 11 is 0. The maximum Gasteiger partial charge on any atom is 0.232 e. The van der Waals surface area contributed by atoms with Crippen LogP contribution in [0.5, 0.6) is 5.75 Å². The van der Waals surface area contributed by atoms with Gasteiger partial charge in [-0.05, 0) is 36.6 Å². The highest BCUT2D eigenvalue weighted by Gasteiger charge is 2.14. The predicted molar refractivity (Wildman–Crippen MR) is 83.6 cm³/mol. The Hall–Kier alpha value is -1.36. The minimum Gasteiger partial charge on any atom is -0.508 e. The van der Waals surface area contributed by atoms with Crippen LogP contribution in [0.4, 0.5) is 0 Å². The molecule has 0 radical (unpaired) electrons. The van der Waals surface area contributed by atoms with Gasteiger partial charge in [-0.15, -0.1) is 0 Å². The van der Waals surface area contributed by atoms with E-state index in [4.69, 9.17) is 0 Å². The zero-order chi connectivity index (χ0) is 15.1. The van der Waals surface area contributed by atoms with E-state index >= 15 is 0 Å². The Labute approximate surface area is 128 Å². The Balaban J connectivity index is 1.68. The molecule has 1 aliphatic rings. The Morgan fingerprint density at radius 2 is 1.86 bits per heavy atom. The second-order valence-electron chi connectivity index (χ2n) is 5.63. The number of aromatic hydroxyl groups is 1. The van der Waals surface area contributed by atoms with Gasteiger partial charge in [-0.2, -0.15) is 0 Å². The maximum atomic E-state index is 12.0. The molecule has 1 fully saturated rings. The maximum absolute atomic E-state index is 12.0. The number of benzene rings is 1. The molecule has 5 heteroatoms. The number of carbonyl (C=O) groups is 1. The molecule has 0 aromatic heterocycles. The third kappa shape index (κ3) is 5.50. The van der Waals surface area contributed by atoms with Crippen molar-refractivity contribution in [2.45, 2.75) is 43.4 Å². The number of carbonyl (C=O) groups excluding carboxylic acids is 1. The van der Waals surface area contributed by atoms with Gasteiger partial charge >= 0.3 is 0 Å². The summed E-state index contributed by atoms with van der Waals surface area (Å²) in [6.07, 6.45) is 7.53. The first-order chi connectivity index (χ1) is 10.1. The van der Waals surface area contributed by atoms with Crippen LogP contribution >= 0.6 is 0 Å². The molecule has 0 heterocycles. The molecule has 4 nitrogen and oxygen atoms in total. The van der Waals surface area contributed by atoms with Gasteiger partial charge in [-0.3, -0.25) is 9.00 Å². The van der Waals surface area contributed by atoms with Gasteiger partial charge in [-0.25, -0.2) is 0 Å². The Morgan fingerprint density at radius 3 is 2.52 bits per heavy atom. The van der Waals surface area contributed by atoms with Crippen molar-refractivity contribution in [3.63, 3.8) is 0 Å². The van der Waals surface area contributed by atoms with E-state index in [1.807, 2.05) is 0 Å². The van der Waals surface area contributed by atoms with E-state index in [1.54, 1.807) is 12.1 Å². The number of nitrogens with one attached hydrogen (secondary N) is 1. The second-order valence-corrected chi connectivity index (χ2v) is 7.08. The summed E-state index contributed by atoms with van der Waals surface area (Å²) in [7, 11) is -1.35. The minimum absolute atomic E-state index is 0.0184. The molecule has 0 unspecified atom stereocenters. The molecule has 0 saturated heterocycles. The van der Waals surface area contributed by atoms with Crippen molar-refractivity contribution in [1.29, 1.82) is 0 Å². The van der Waals surface area contributed by atoms with Gasteiger partial charge in [0, 0.05) is 11.4 Å². The first kappa shape index (κ1) is 16.0. The van der Waals surface area contributed by atoms with Gasteiger partial charge in [0.05, 0.1) is 10.8 Å². The monoisotopic (exact) mass is 309 g/mol. The largest absolute Gasteiger partial charge is 0.508 e. The number of rotatable bonds is 6. The highest BCUT2D eigenvalue weighted by Crippen LogP contribution is 2.25. The van der Waals surface area contributed by atoms with Crippen LogP contribution < -0.4 is 5.32 Å². The van der Waals surface area contributed by atoms with E-state index in [-0.39, 0.29) is 17.4 Å². The van der Waals surface area contributed by atoms with E-state index in [0.29, 0.717) is 11.4 Å². The summed E-state index contributed by atoms with van der Waals surface area (Å²) in [4.78, 5) is 12.3. The van der Waals surface area contributed by atoms with E-state index in [0.717, 1.165) is 12.3 Å². The zero-order valence-corrected chi connectivity index (χ0v) is 13.0. The predicted octanol–water partition coefficient (Wildman–Crippen LogP) is 2.59. The van der Waals surface area contributed by atoms with Crippen LogP contribution in [0.2, 0.25) is 0 Å². The van der Waals surface area contributed by atoms with Crippen molar-refractivity contribution < 1.29 is 14.1 Å². The second kappa shape index (κ2) is 8.17. The Bertz CT molecular complexity index is 481. The molecule has 1 atom stereocenters. The van der Waals surface area contributed by atoms with Gasteiger partial charge in [0.25, 0.3) is 0 Å².